The van der Waals surface area contributed by atoms with Crippen LogP contribution >= 0.6 is 0 Å². The molecule has 0 aliphatic carbocycles. The Morgan fingerprint density at radius 2 is 1.00 bits per heavy atom. The van der Waals surface area contributed by atoms with Gasteiger partial charge in [0.25, 0.3) is 5.91 Å². The second-order valence-corrected chi connectivity index (χ2v) is 14.0. The minimum absolute atomic E-state index is 0. The number of carbonyl (C=O) groups is 2. The average molecular weight is 851 g/mol. The molecule has 0 saturated heterocycles. The summed E-state index contributed by atoms with van der Waals surface area (Å²) in [6.07, 6.45) is 0. The molecule has 1 atom stereocenters. The molecule has 1 unspecified atom stereocenters. The van der Waals surface area contributed by atoms with Crippen LogP contribution in [0.15, 0.2) is 155 Å². The number of hydrogen-bond acceptors (Lipinski definition) is 18. The summed E-state index contributed by atoms with van der Waals surface area (Å²) in [7, 11) is -9.39. The van der Waals surface area contributed by atoms with Gasteiger partial charge < -0.3 is 29.2 Å². The fourth-order valence-corrected chi connectivity index (χ4v) is 5.76. The topological polar surface area (TPSA) is 302 Å². The molecule has 5 aromatic carbocycles. The fourth-order valence-electron chi connectivity index (χ4n) is 4.82. The zero-order valence-corrected chi connectivity index (χ0v) is 38.1. The van der Waals surface area contributed by atoms with Gasteiger partial charge in [-0.05, 0) is 83.9 Å². The minimum Gasteiger partial charge on any atom is -0.744 e. The van der Waals surface area contributed by atoms with Gasteiger partial charge in [0.2, 0.25) is 0 Å². The van der Waals surface area contributed by atoms with E-state index in [0.717, 1.165) is 53.6 Å². The summed E-state index contributed by atoms with van der Waals surface area (Å²) in [4.78, 5) is 23.7. The molecular weight excluding hydrogens is 830 g/mol. The van der Waals surface area contributed by atoms with Gasteiger partial charge in [-0.2, -0.15) is 30.6 Å². The van der Waals surface area contributed by atoms with Gasteiger partial charge in [-0.1, -0.05) is 24.3 Å². The molecule has 19 nitrogen and oxygen atoms in total. The van der Waals surface area contributed by atoms with Gasteiger partial charge >= 0.3 is 88.7 Å². The first kappa shape index (κ1) is 48.3. The van der Waals surface area contributed by atoms with Gasteiger partial charge in [-0.3, -0.25) is 4.79 Å². The van der Waals surface area contributed by atoms with Crippen molar-refractivity contribution < 1.29 is 140 Å². The molecule has 0 spiro atoms. The van der Waals surface area contributed by atoms with Crippen LogP contribution in [0.25, 0.3) is 11.1 Å². The third-order valence-corrected chi connectivity index (χ3v) is 9.29. The van der Waals surface area contributed by atoms with Crippen LogP contribution in [0.4, 0.5) is 34.1 Å². The van der Waals surface area contributed by atoms with Crippen LogP contribution in [-0.2, 0) is 29.8 Å². The van der Waals surface area contributed by atoms with E-state index in [9.17, 15) is 50.8 Å². The fraction of sp³-hybridized carbons (Fsp3) is 0.0294. The maximum Gasteiger partial charge on any atom is 1.00 e. The molecule has 58 heavy (non-hydrogen) atoms. The normalized spacial score (nSPS) is 14.2. The van der Waals surface area contributed by atoms with Crippen LogP contribution in [0.3, 0.4) is 0 Å². The number of hydrazone groups is 1. The van der Waals surface area contributed by atoms with Crippen molar-refractivity contribution in [1.82, 2.24) is 0 Å². The third kappa shape index (κ3) is 11.8. The number of benzene rings is 5. The number of carboxylic acid groups (broad SMARTS) is 1. The van der Waals surface area contributed by atoms with E-state index >= 15 is 0 Å². The Balaban J connectivity index is 0.00000300. The van der Waals surface area contributed by atoms with Crippen LogP contribution in [0.1, 0.15) is 0 Å². The van der Waals surface area contributed by atoms with Crippen LogP contribution in [0, 0.1) is 0 Å². The van der Waals surface area contributed by atoms with Gasteiger partial charge in [0.05, 0.1) is 38.5 Å². The molecular formula is C34H21N8Na3O11S2. The molecule has 0 aromatic heterocycles. The Morgan fingerprint density at radius 1 is 0.603 bits per heavy atom. The van der Waals surface area contributed by atoms with E-state index in [4.69, 9.17) is 0 Å². The Bertz CT molecular complexity index is 2670. The van der Waals surface area contributed by atoms with Crippen molar-refractivity contribution in [2.24, 2.45) is 35.8 Å². The number of nitrogens with zero attached hydrogens (tertiary/aromatic N) is 8. The van der Waals surface area contributed by atoms with Crippen molar-refractivity contribution in [2.75, 3.05) is 5.01 Å². The standard InChI is InChI=1S/C34H24N8O11S2.3Na/c43-29-18-30(44)28(39-36-23-9-13-25(14-10-23)54(48,49)50)17-27(29)38-35-21-5-1-19(2-6-21)20-3-7-22(8-4-20)37-40-31-32(34(46)47)41-42(33(31)45)24-11-15-26(16-12-24)55(51,52)53;;;/h1-18,31,43-44H,(H,46,47)(H,48,49,50)(H,51,52,53);;;/q;3*+1/p-3. The molecule has 1 amide bonds. The summed E-state index contributed by atoms with van der Waals surface area (Å²) in [5.41, 5.74) is 1.46. The number of amides is 1. The number of hydrogen-bond donors (Lipinski definition) is 2. The first-order chi connectivity index (χ1) is 26.1. The van der Waals surface area contributed by atoms with Crippen molar-refractivity contribution in [2.45, 2.75) is 15.8 Å². The predicted octanol–water partition coefficient (Wildman–Crippen LogP) is -3.98. The molecule has 0 bridgehead atoms. The smallest absolute Gasteiger partial charge is 0.744 e. The quantitative estimate of drug-likeness (QED) is 0.0734. The maximum atomic E-state index is 13.0. The number of carbonyl (C=O) groups excluding carboxylic acids is 2. The number of aromatic hydroxyl groups is 2. The summed E-state index contributed by atoms with van der Waals surface area (Å²) in [6.45, 7) is 0. The molecule has 1 heterocycles. The van der Waals surface area contributed by atoms with E-state index in [-0.39, 0.29) is 117 Å². The number of carboxylic acids is 1. The average Bonchev–Trinajstić information content (AvgIpc) is 3.49. The Hall–Kier alpha value is -4.07. The second kappa shape index (κ2) is 20.3. The number of anilines is 1. The van der Waals surface area contributed by atoms with E-state index in [1.54, 1.807) is 48.5 Å². The van der Waals surface area contributed by atoms with Crippen molar-refractivity contribution >= 4 is 71.9 Å². The molecule has 278 valence electrons. The Kier molecular flexibility index (Phi) is 16.9. The van der Waals surface area contributed by atoms with Crippen molar-refractivity contribution in [3.63, 3.8) is 0 Å². The second-order valence-electron chi connectivity index (χ2n) is 11.3. The van der Waals surface area contributed by atoms with E-state index in [1.165, 1.54) is 18.2 Å². The minimum atomic E-state index is -4.75. The number of aliphatic carboxylic acids is 1. The van der Waals surface area contributed by atoms with Gasteiger partial charge in [0.15, 0.2) is 6.04 Å². The molecule has 5 aromatic rings. The maximum absolute atomic E-state index is 13.0. The number of rotatable bonds is 11. The van der Waals surface area contributed by atoms with Crippen LogP contribution in [0.5, 0.6) is 11.5 Å². The monoisotopic (exact) mass is 850 g/mol. The van der Waals surface area contributed by atoms with E-state index in [0.29, 0.717) is 10.7 Å². The largest absolute Gasteiger partial charge is 1.00 e. The number of azo groups is 3. The van der Waals surface area contributed by atoms with Gasteiger partial charge in [0, 0.05) is 12.1 Å². The summed E-state index contributed by atoms with van der Waals surface area (Å²) >= 11 is 0. The first-order valence-corrected chi connectivity index (χ1v) is 18.1. The molecule has 0 radical (unpaired) electrons. The zero-order chi connectivity index (χ0) is 39.5. The zero-order valence-electron chi connectivity index (χ0n) is 30.4. The molecule has 1 aliphatic heterocycles. The molecule has 24 heteroatoms. The van der Waals surface area contributed by atoms with Gasteiger partial charge in [-0.15, -0.1) is 10.2 Å². The molecule has 0 fully saturated rings. The molecule has 0 saturated carbocycles. The molecule has 1 aliphatic rings. The Labute approximate surface area is 395 Å². The van der Waals surface area contributed by atoms with Gasteiger partial charge in [-0.25, -0.2) is 16.8 Å². The number of phenolic OH excluding ortho intramolecular Hbond substituents is 2. The summed E-state index contributed by atoms with van der Waals surface area (Å²) < 4.78 is 66.9. The van der Waals surface area contributed by atoms with Crippen LogP contribution in [0.2, 0.25) is 0 Å². The van der Waals surface area contributed by atoms with Crippen molar-refractivity contribution in [1.29, 1.82) is 0 Å². The third-order valence-electron chi connectivity index (χ3n) is 7.59. The first-order valence-electron chi connectivity index (χ1n) is 15.3. The van der Waals surface area contributed by atoms with E-state index < -0.39 is 65.2 Å². The Morgan fingerprint density at radius 3 is 1.41 bits per heavy atom. The van der Waals surface area contributed by atoms with Gasteiger partial charge in [0.1, 0.15) is 48.8 Å². The van der Waals surface area contributed by atoms with Crippen LogP contribution < -0.4 is 98.8 Å². The van der Waals surface area contributed by atoms with Crippen molar-refractivity contribution in [3.05, 3.63) is 109 Å². The summed E-state index contributed by atoms with van der Waals surface area (Å²) in [6, 6.07) is 22.6. The van der Waals surface area contributed by atoms with Crippen molar-refractivity contribution in [3.8, 4) is 22.6 Å². The summed E-state index contributed by atoms with van der Waals surface area (Å²) in [5, 5.41) is 60.4. The number of phenols is 2. The predicted molar refractivity (Wildman–Crippen MR) is 187 cm³/mol. The summed E-state index contributed by atoms with van der Waals surface area (Å²) in [5.74, 6) is -3.49. The SMILES string of the molecule is O=C([O-])C1=NN(c2ccc(S(=O)(=O)[O-])cc2)C(=O)C1N=Nc1ccc(-c2ccc(N=Nc3cc(N=Nc4ccc(S(=O)(=O)[O-])cc4)c(O)cc3O)cc2)cc1.[Na+].[Na+].[Na+]. The molecule has 2 N–H and O–H groups in total. The van der Waals surface area contributed by atoms with Crippen LogP contribution in [-0.4, -0.2) is 59.8 Å². The van der Waals surface area contributed by atoms with E-state index in [1.807, 2.05) is 0 Å². The van der Waals surface area contributed by atoms with E-state index in [2.05, 4.69) is 35.8 Å². The molecule has 6 rings (SSSR count).